The first kappa shape index (κ1) is 14.0. The van der Waals surface area contributed by atoms with Crippen LogP contribution >= 0.6 is 0 Å². The van der Waals surface area contributed by atoms with Gasteiger partial charge in [-0.3, -0.25) is 9.59 Å². The number of hydrogen-bond acceptors (Lipinski definition) is 4. The average Bonchev–Trinajstić information content (AvgIpc) is 2.79. The van der Waals surface area contributed by atoms with Gasteiger partial charge in [0.2, 0.25) is 11.8 Å². The molecule has 0 spiro atoms. The fourth-order valence-corrected chi connectivity index (χ4v) is 2.21. The number of likely N-dealkylation sites (N-methyl/N-ethyl adjacent to an activating group) is 1. The van der Waals surface area contributed by atoms with Crippen LogP contribution in [-0.4, -0.2) is 42.9 Å². The first-order chi connectivity index (χ1) is 9.54. The summed E-state index contributed by atoms with van der Waals surface area (Å²) >= 11 is 0. The lowest BCUT2D eigenvalue weighted by Gasteiger charge is -2.19. The molecule has 6 nitrogen and oxygen atoms in total. The van der Waals surface area contributed by atoms with Crippen LogP contribution in [0.5, 0.6) is 0 Å². The maximum Gasteiger partial charge on any atom is 0.339 e. The highest BCUT2D eigenvalue weighted by atomic mass is 16.5. The molecule has 1 aliphatic heterocycles. The van der Waals surface area contributed by atoms with Gasteiger partial charge in [-0.2, -0.15) is 0 Å². The lowest BCUT2D eigenvalue weighted by molar-refractivity contribution is -0.131. The van der Waals surface area contributed by atoms with Crippen LogP contribution in [0.4, 0.5) is 5.69 Å². The molecule has 1 heterocycles. The number of ether oxygens (including phenoxy) is 1. The number of para-hydroxylation sites is 1. The lowest BCUT2D eigenvalue weighted by Crippen LogP contribution is -2.39. The van der Waals surface area contributed by atoms with Crippen molar-refractivity contribution < 1.29 is 19.1 Å². The summed E-state index contributed by atoms with van der Waals surface area (Å²) in [6, 6.07) is 6.11. The first-order valence-electron chi connectivity index (χ1n) is 6.28. The molecule has 0 radical (unpaired) electrons. The Morgan fingerprint density at radius 3 is 2.65 bits per heavy atom. The Kier molecular flexibility index (Phi) is 4.02. The second-order valence-electron chi connectivity index (χ2n) is 4.59. The first-order valence-corrected chi connectivity index (χ1v) is 6.28. The van der Waals surface area contributed by atoms with E-state index in [1.54, 1.807) is 31.3 Å². The van der Waals surface area contributed by atoms with Crippen molar-refractivity contribution in [2.24, 2.45) is 0 Å². The Morgan fingerprint density at radius 1 is 1.35 bits per heavy atom. The van der Waals surface area contributed by atoms with Crippen molar-refractivity contribution >= 4 is 23.5 Å². The van der Waals surface area contributed by atoms with E-state index in [0.29, 0.717) is 18.5 Å². The van der Waals surface area contributed by atoms with Crippen LogP contribution in [-0.2, 0) is 14.3 Å². The largest absolute Gasteiger partial charge is 0.465 e. The number of anilines is 1. The minimum Gasteiger partial charge on any atom is -0.465 e. The zero-order valence-corrected chi connectivity index (χ0v) is 11.4. The highest BCUT2D eigenvalue weighted by molar-refractivity contribution is 6.04. The van der Waals surface area contributed by atoms with Crippen molar-refractivity contribution in [2.45, 2.75) is 18.9 Å². The summed E-state index contributed by atoms with van der Waals surface area (Å²) in [4.78, 5) is 36.7. The van der Waals surface area contributed by atoms with Gasteiger partial charge in [0.15, 0.2) is 0 Å². The molecule has 0 aliphatic carbocycles. The standard InChI is InChI=1S/C14H16N2O4/c1-16-11(7-8-12(16)17)13(18)15-10-6-4-3-5-9(10)14(19)20-2/h3-6,11H,7-8H2,1-2H3,(H,15,18). The number of methoxy groups -OCH3 is 1. The van der Waals surface area contributed by atoms with Gasteiger partial charge in [-0.25, -0.2) is 4.79 Å². The van der Waals surface area contributed by atoms with Crippen LogP contribution in [0.25, 0.3) is 0 Å². The topological polar surface area (TPSA) is 75.7 Å². The Balaban J connectivity index is 2.16. The Hall–Kier alpha value is -2.37. The van der Waals surface area contributed by atoms with Crippen LogP contribution in [0.2, 0.25) is 0 Å². The Bertz CT molecular complexity index is 556. The minimum atomic E-state index is -0.517. The molecule has 1 unspecified atom stereocenters. The number of nitrogens with zero attached hydrogens (tertiary/aromatic N) is 1. The van der Waals surface area contributed by atoms with Crippen molar-refractivity contribution in [1.29, 1.82) is 0 Å². The van der Waals surface area contributed by atoms with Gasteiger partial charge in [0.1, 0.15) is 6.04 Å². The highest BCUT2D eigenvalue weighted by Crippen LogP contribution is 2.21. The summed E-state index contributed by atoms with van der Waals surface area (Å²) < 4.78 is 4.67. The molecule has 1 N–H and O–H groups in total. The van der Waals surface area contributed by atoms with Gasteiger partial charge in [-0.15, -0.1) is 0 Å². The highest BCUT2D eigenvalue weighted by Gasteiger charge is 2.33. The smallest absolute Gasteiger partial charge is 0.339 e. The third-order valence-corrected chi connectivity index (χ3v) is 3.39. The van der Waals surface area contributed by atoms with E-state index in [4.69, 9.17) is 0 Å². The van der Waals surface area contributed by atoms with Crippen molar-refractivity contribution in [3.05, 3.63) is 29.8 Å². The summed E-state index contributed by atoms with van der Waals surface area (Å²) in [6.07, 6.45) is 0.856. The van der Waals surface area contributed by atoms with Crippen molar-refractivity contribution in [3.8, 4) is 0 Å². The molecule has 1 fully saturated rings. The van der Waals surface area contributed by atoms with E-state index in [1.807, 2.05) is 0 Å². The van der Waals surface area contributed by atoms with E-state index >= 15 is 0 Å². The number of hydrogen-bond donors (Lipinski definition) is 1. The van der Waals surface area contributed by atoms with Gasteiger partial charge in [-0.1, -0.05) is 12.1 Å². The van der Waals surface area contributed by atoms with Crippen LogP contribution in [0, 0.1) is 0 Å². The molecule has 2 rings (SSSR count). The average molecular weight is 276 g/mol. The predicted molar refractivity (Wildman–Crippen MR) is 72.2 cm³/mol. The van der Waals surface area contributed by atoms with Crippen LogP contribution in [0.1, 0.15) is 23.2 Å². The molecule has 0 saturated carbocycles. The van der Waals surface area contributed by atoms with E-state index < -0.39 is 12.0 Å². The number of likely N-dealkylation sites (tertiary alicyclic amines) is 1. The molecule has 2 amide bonds. The Labute approximate surface area is 116 Å². The third-order valence-electron chi connectivity index (χ3n) is 3.39. The number of benzene rings is 1. The predicted octanol–water partition coefficient (Wildman–Crippen LogP) is 1.03. The molecule has 6 heteroatoms. The number of rotatable bonds is 3. The van der Waals surface area contributed by atoms with Gasteiger partial charge >= 0.3 is 5.97 Å². The van der Waals surface area contributed by atoms with Crippen LogP contribution in [0.3, 0.4) is 0 Å². The zero-order valence-electron chi connectivity index (χ0n) is 11.4. The Morgan fingerprint density at radius 2 is 2.05 bits per heavy atom. The number of carbonyl (C=O) groups excluding carboxylic acids is 3. The van der Waals surface area contributed by atoms with E-state index in [1.165, 1.54) is 12.0 Å². The second kappa shape index (κ2) is 5.73. The number of nitrogens with one attached hydrogen (secondary N) is 1. The van der Waals surface area contributed by atoms with Crippen molar-refractivity contribution in [1.82, 2.24) is 4.90 Å². The molecule has 0 bridgehead atoms. The quantitative estimate of drug-likeness (QED) is 0.837. The molecular weight excluding hydrogens is 260 g/mol. The summed E-state index contributed by atoms with van der Waals surface area (Å²) in [5.41, 5.74) is 0.674. The lowest BCUT2D eigenvalue weighted by atomic mass is 10.1. The third kappa shape index (κ3) is 2.64. The summed E-state index contributed by atoms with van der Waals surface area (Å²) in [7, 11) is 2.89. The van der Waals surface area contributed by atoms with Crippen molar-refractivity contribution in [3.63, 3.8) is 0 Å². The summed E-state index contributed by atoms with van der Waals surface area (Å²) in [6.45, 7) is 0. The monoisotopic (exact) mass is 276 g/mol. The van der Waals surface area contributed by atoms with Crippen LogP contribution in [0.15, 0.2) is 24.3 Å². The molecule has 20 heavy (non-hydrogen) atoms. The second-order valence-corrected chi connectivity index (χ2v) is 4.59. The van der Waals surface area contributed by atoms with E-state index in [9.17, 15) is 14.4 Å². The molecule has 106 valence electrons. The molecule has 1 aliphatic rings. The SMILES string of the molecule is COC(=O)c1ccccc1NC(=O)C1CCC(=O)N1C. The number of carbonyl (C=O) groups is 3. The molecule has 1 saturated heterocycles. The normalized spacial score (nSPS) is 18.0. The molecule has 1 aromatic rings. The number of esters is 1. The maximum atomic E-state index is 12.2. The van der Waals surface area contributed by atoms with E-state index in [-0.39, 0.29) is 17.4 Å². The maximum absolute atomic E-state index is 12.2. The summed E-state index contributed by atoms with van der Waals surface area (Å²) in [5.74, 6) is -0.863. The van der Waals surface area contributed by atoms with Gasteiger partial charge in [0.25, 0.3) is 0 Å². The van der Waals surface area contributed by atoms with Gasteiger partial charge < -0.3 is 15.0 Å². The molecule has 1 atom stereocenters. The van der Waals surface area contributed by atoms with Gasteiger partial charge in [0, 0.05) is 13.5 Å². The fraction of sp³-hybridized carbons (Fsp3) is 0.357. The van der Waals surface area contributed by atoms with Crippen molar-refractivity contribution in [2.75, 3.05) is 19.5 Å². The van der Waals surface area contributed by atoms with Gasteiger partial charge in [0.05, 0.1) is 18.4 Å². The fourth-order valence-electron chi connectivity index (χ4n) is 2.21. The van der Waals surface area contributed by atoms with E-state index in [0.717, 1.165) is 0 Å². The minimum absolute atomic E-state index is 0.0496. The molecule has 1 aromatic carbocycles. The summed E-state index contributed by atoms with van der Waals surface area (Å²) in [5, 5.41) is 2.68. The number of amides is 2. The van der Waals surface area contributed by atoms with Gasteiger partial charge in [-0.05, 0) is 18.6 Å². The molecular formula is C14H16N2O4. The zero-order chi connectivity index (χ0) is 14.7. The van der Waals surface area contributed by atoms with E-state index in [2.05, 4.69) is 10.1 Å². The molecule has 0 aromatic heterocycles. The van der Waals surface area contributed by atoms with Crippen LogP contribution < -0.4 is 5.32 Å².